The van der Waals surface area contributed by atoms with Crippen LogP contribution in [0.4, 0.5) is 4.39 Å². The Hall–Kier alpha value is -2.20. The fourth-order valence-corrected chi connectivity index (χ4v) is 2.41. The van der Waals surface area contributed by atoms with Gasteiger partial charge in [-0.25, -0.2) is 9.37 Å². The molecule has 0 radical (unpaired) electrons. The standard InChI is InChI=1S/C15H10ClFN2O/c1-19-8-12(11-3-2-10(17)7-13(11)19)15(20)9-4-5-18-14(16)6-9/h2-8H,1H3. The van der Waals surface area contributed by atoms with Crippen molar-refractivity contribution in [2.75, 3.05) is 0 Å². The first-order chi connectivity index (χ1) is 9.56. The Labute approximate surface area is 119 Å². The summed E-state index contributed by atoms with van der Waals surface area (Å²) in [5.74, 6) is -0.490. The van der Waals surface area contributed by atoms with Gasteiger partial charge in [0.15, 0.2) is 5.78 Å². The average Bonchev–Trinajstić information content (AvgIpc) is 2.75. The minimum absolute atomic E-state index is 0.161. The SMILES string of the molecule is Cn1cc(C(=O)c2ccnc(Cl)c2)c2ccc(F)cc21. The predicted molar refractivity (Wildman–Crippen MR) is 75.6 cm³/mol. The van der Waals surface area contributed by atoms with Crippen LogP contribution in [0.3, 0.4) is 0 Å². The molecule has 0 unspecified atom stereocenters. The Bertz CT molecular complexity index is 826. The van der Waals surface area contributed by atoms with E-state index in [-0.39, 0.29) is 16.8 Å². The summed E-state index contributed by atoms with van der Waals surface area (Å²) < 4.78 is 15.0. The zero-order valence-corrected chi connectivity index (χ0v) is 11.4. The monoisotopic (exact) mass is 288 g/mol. The van der Waals surface area contributed by atoms with Crippen LogP contribution in [-0.4, -0.2) is 15.3 Å². The summed E-state index contributed by atoms with van der Waals surface area (Å²) in [6.45, 7) is 0. The van der Waals surface area contributed by atoms with Crippen LogP contribution in [0.1, 0.15) is 15.9 Å². The second kappa shape index (κ2) is 4.72. The number of pyridine rings is 1. The third kappa shape index (κ3) is 2.08. The van der Waals surface area contributed by atoms with E-state index in [9.17, 15) is 9.18 Å². The van der Waals surface area contributed by atoms with Gasteiger partial charge in [0.1, 0.15) is 11.0 Å². The number of benzene rings is 1. The van der Waals surface area contributed by atoms with Crippen molar-refractivity contribution in [1.29, 1.82) is 0 Å². The molecule has 2 heterocycles. The molecule has 0 fully saturated rings. The van der Waals surface area contributed by atoms with E-state index in [1.807, 2.05) is 0 Å². The van der Waals surface area contributed by atoms with Gasteiger partial charge in [-0.2, -0.15) is 0 Å². The number of aryl methyl sites for hydroxylation is 1. The lowest BCUT2D eigenvalue weighted by Crippen LogP contribution is -2.00. The average molecular weight is 289 g/mol. The highest BCUT2D eigenvalue weighted by Crippen LogP contribution is 2.24. The van der Waals surface area contributed by atoms with Gasteiger partial charge in [0.2, 0.25) is 0 Å². The molecule has 0 saturated carbocycles. The van der Waals surface area contributed by atoms with Gasteiger partial charge < -0.3 is 4.57 Å². The van der Waals surface area contributed by atoms with E-state index in [0.717, 1.165) is 0 Å². The van der Waals surface area contributed by atoms with Gasteiger partial charge >= 0.3 is 0 Å². The molecule has 0 amide bonds. The van der Waals surface area contributed by atoms with E-state index in [2.05, 4.69) is 4.98 Å². The molecule has 0 N–H and O–H groups in total. The molecule has 5 heteroatoms. The molecule has 0 saturated heterocycles. The summed E-state index contributed by atoms with van der Waals surface area (Å²) in [6, 6.07) is 7.49. The highest BCUT2D eigenvalue weighted by atomic mass is 35.5. The number of hydrogen-bond acceptors (Lipinski definition) is 2. The number of hydrogen-bond donors (Lipinski definition) is 0. The van der Waals surface area contributed by atoms with Gasteiger partial charge in [0.25, 0.3) is 0 Å². The lowest BCUT2D eigenvalue weighted by Gasteiger charge is -2.00. The van der Waals surface area contributed by atoms with Crippen molar-refractivity contribution in [1.82, 2.24) is 9.55 Å². The minimum atomic E-state index is -0.329. The third-order valence-corrected chi connectivity index (χ3v) is 3.39. The van der Waals surface area contributed by atoms with Crippen LogP contribution in [-0.2, 0) is 7.05 Å². The molecule has 1 aromatic carbocycles. The van der Waals surface area contributed by atoms with Crippen molar-refractivity contribution in [2.24, 2.45) is 7.05 Å². The summed E-state index contributed by atoms with van der Waals surface area (Å²) in [6.07, 6.45) is 3.18. The Kier molecular flexibility index (Phi) is 3.03. The zero-order valence-electron chi connectivity index (χ0n) is 10.6. The maximum Gasteiger partial charge on any atom is 0.195 e. The van der Waals surface area contributed by atoms with Gasteiger partial charge in [0.05, 0.1) is 5.52 Å². The number of rotatable bonds is 2. The summed E-state index contributed by atoms with van der Waals surface area (Å²) in [4.78, 5) is 16.4. The Morgan fingerprint density at radius 2 is 2.10 bits per heavy atom. The van der Waals surface area contributed by atoms with Crippen LogP contribution in [0, 0.1) is 5.82 Å². The second-order valence-corrected chi connectivity index (χ2v) is 4.90. The van der Waals surface area contributed by atoms with Crippen LogP contribution >= 0.6 is 11.6 Å². The van der Waals surface area contributed by atoms with E-state index >= 15 is 0 Å². The molecular formula is C15H10ClFN2O. The summed E-state index contributed by atoms with van der Waals surface area (Å²) in [5.41, 5.74) is 1.65. The van der Waals surface area contributed by atoms with E-state index in [4.69, 9.17) is 11.6 Å². The number of ketones is 1. The molecule has 0 bridgehead atoms. The number of halogens is 2. The Morgan fingerprint density at radius 3 is 2.85 bits per heavy atom. The largest absolute Gasteiger partial charge is 0.350 e. The number of nitrogens with zero attached hydrogens (tertiary/aromatic N) is 2. The molecule has 3 nitrogen and oxygen atoms in total. The first-order valence-corrected chi connectivity index (χ1v) is 6.35. The number of fused-ring (bicyclic) bond motifs is 1. The molecule has 0 aliphatic carbocycles. The van der Waals surface area contributed by atoms with Crippen molar-refractivity contribution in [3.63, 3.8) is 0 Å². The fourth-order valence-electron chi connectivity index (χ4n) is 2.24. The number of carbonyl (C=O) groups excluding carboxylic acids is 1. The lowest BCUT2D eigenvalue weighted by molar-refractivity contribution is 0.104. The smallest absolute Gasteiger partial charge is 0.195 e. The normalized spacial score (nSPS) is 10.9. The van der Waals surface area contributed by atoms with Crippen molar-refractivity contribution in [3.8, 4) is 0 Å². The van der Waals surface area contributed by atoms with E-state index in [0.29, 0.717) is 22.0 Å². The molecule has 3 aromatic rings. The second-order valence-electron chi connectivity index (χ2n) is 4.51. The molecular weight excluding hydrogens is 279 g/mol. The van der Waals surface area contributed by atoms with Gasteiger partial charge in [-0.15, -0.1) is 0 Å². The highest BCUT2D eigenvalue weighted by molar-refractivity contribution is 6.30. The van der Waals surface area contributed by atoms with Gasteiger partial charge in [-0.3, -0.25) is 4.79 Å². The zero-order chi connectivity index (χ0) is 14.3. The maximum absolute atomic E-state index is 13.3. The van der Waals surface area contributed by atoms with Crippen molar-refractivity contribution in [3.05, 3.63) is 64.8 Å². The summed E-state index contributed by atoms with van der Waals surface area (Å²) >= 11 is 5.80. The first-order valence-electron chi connectivity index (χ1n) is 5.97. The third-order valence-electron chi connectivity index (χ3n) is 3.19. The first kappa shape index (κ1) is 12.8. The topological polar surface area (TPSA) is 34.9 Å². The Balaban J connectivity index is 2.17. The Morgan fingerprint density at radius 1 is 1.30 bits per heavy atom. The molecule has 0 spiro atoms. The molecule has 0 aliphatic heterocycles. The van der Waals surface area contributed by atoms with Crippen molar-refractivity contribution >= 4 is 28.3 Å². The summed E-state index contributed by atoms with van der Waals surface area (Å²) in [5, 5.41) is 0.981. The van der Waals surface area contributed by atoms with E-state index in [1.54, 1.807) is 29.9 Å². The van der Waals surface area contributed by atoms with Crippen molar-refractivity contribution < 1.29 is 9.18 Å². The van der Waals surface area contributed by atoms with Gasteiger partial charge in [-0.05, 0) is 30.3 Å². The molecule has 0 atom stereocenters. The number of carbonyl (C=O) groups is 1. The molecule has 0 aliphatic rings. The highest BCUT2D eigenvalue weighted by Gasteiger charge is 2.16. The molecule has 3 rings (SSSR count). The molecule has 2 aromatic heterocycles. The quantitative estimate of drug-likeness (QED) is 0.533. The van der Waals surface area contributed by atoms with Crippen LogP contribution in [0.2, 0.25) is 5.15 Å². The van der Waals surface area contributed by atoms with Gasteiger partial charge in [-0.1, -0.05) is 11.6 Å². The lowest BCUT2D eigenvalue weighted by atomic mass is 10.0. The van der Waals surface area contributed by atoms with Crippen LogP contribution < -0.4 is 0 Å². The molecule has 20 heavy (non-hydrogen) atoms. The minimum Gasteiger partial charge on any atom is -0.350 e. The molecule has 100 valence electrons. The van der Waals surface area contributed by atoms with Crippen LogP contribution in [0.15, 0.2) is 42.7 Å². The van der Waals surface area contributed by atoms with E-state index < -0.39 is 0 Å². The maximum atomic E-state index is 13.3. The van der Waals surface area contributed by atoms with Crippen LogP contribution in [0.5, 0.6) is 0 Å². The van der Waals surface area contributed by atoms with Crippen molar-refractivity contribution in [2.45, 2.75) is 0 Å². The number of aromatic nitrogens is 2. The van der Waals surface area contributed by atoms with Gasteiger partial charge in [0, 0.05) is 36.0 Å². The fraction of sp³-hybridized carbons (Fsp3) is 0.0667. The summed E-state index contributed by atoms with van der Waals surface area (Å²) in [7, 11) is 1.78. The van der Waals surface area contributed by atoms with Crippen LogP contribution in [0.25, 0.3) is 10.9 Å². The predicted octanol–water partition coefficient (Wildman–Crippen LogP) is 3.60. The van der Waals surface area contributed by atoms with E-state index in [1.165, 1.54) is 24.4 Å².